The van der Waals surface area contributed by atoms with Crippen molar-refractivity contribution in [3.05, 3.63) is 91.8 Å². The molecule has 0 heterocycles. The number of benzene rings is 3. The number of hydrogen-bond donors (Lipinski definition) is 3. The van der Waals surface area contributed by atoms with Gasteiger partial charge in [-0.15, -0.1) is 13.1 Å². The molecule has 3 N–H and O–H groups in total. The maximum atomic E-state index is 10.5. The summed E-state index contributed by atoms with van der Waals surface area (Å²) >= 11 is 0. The largest absolute Gasteiger partial charge is 4.00 e. The molecule has 0 spiro atoms. The van der Waals surface area contributed by atoms with Crippen LogP contribution in [0.1, 0.15) is 57.0 Å². The second-order valence-electron chi connectivity index (χ2n) is 10.9. The number of rotatable bonds is 10. The van der Waals surface area contributed by atoms with Gasteiger partial charge in [0.2, 0.25) is 0 Å². The molecule has 0 unspecified atom stereocenters. The first-order valence-corrected chi connectivity index (χ1v) is 12.9. The van der Waals surface area contributed by atoms with Crippen LogP contribution in [-0.2, 0) is 23.6 Å². The molecule has 6 nitrogen and oxygen atoms in total. The van der Waals surface area contributed by atoms with Crippen molar-refractivity contribution in [1.29, 1.82) is 0 Å². The van der Waals surface area contributed by atoms with Crippen LogP contribution in [0.15, 0.2) is 46.4 Å². The molecule has 3 aromatic rings. The molecular weight excluding hydrogens is 530 g/mol. The number of aromatic hydroxyl groups is 3. The SMILES string of the molecule is Cc1cc(C)c(O)c(C=NCC(C)(CN=Cc2cc(C)cc(C)c2O)C[N-]Cc2cc(C)cc(C)c2O)c1.[Fe+4]. The number of aliphatic imine (C=N–C) groups is 2. The first-order chi connectivity index (χ1) is 17.9. The Balaban J connectivity index is 0.00000533. The Morgan fingerprint density at radius 3 is 1.54 bits per heavy atom. The Labute approximate surface area is 243 Å². The van der Waals surface area contributed by atoms with Crippen LogP contribution in [0, 0.1) is 47.0 Å². The van der Waals surface area contributed by atoms with Gasteiger partial charge in [0.05, 0.1) is 0 Å². The summed E-state index contributed by atoms with van der Waals surface area (Å²) in [5.41, 5.74) is 7.44. The van der Waals surface area contributed by atoms with Crippen molar-refractivity contribution in [1.82, 2.24) is 0 Å². The summed E-state index contributed by atoms with van der Waals surface area (Å²) in [6.45, 7) is 15.5. The molecule has 7 heteroatoms. The zero-order valence-electron chi connectivity index (χ0n) is 24.0. The standard InChI is InChI=1S/C32H40N3O3.Fe/c1-20-8-23(4)29(36)26(11-20)14-33-17-32(7,18-34-15-27-12-21(2)9-24(5)30(27)37)19-35-16-28-13-22(3)10-25(6)31(28)38;/h8-15,36-38H,16-19H2,1-7H3;/q-1;+4. The number of aryl methyl sites for hydroxylation is 6. The van der Waals surface area contributed by atoms with Crippen LogP contribution in [0.2, 0.25) is 0 Å². The van der Waals surface area contributed by atoms with Gasteiger partial charge in [0.15, 0.2) is 0 Å². The maximum absolute atomic E-state index is 10.5. The summed E-state index contributed by atoms with van der Waals surface area (Å²) in [7, 11) is 0. The van der Waals surface area contributed by atoms with Crippen LogP contribution < -0.4 is 0 Å². The van der Waals surface area contributed by atoms with E-state index in [1.54, 1.807) is 12.4 Å². The summed E-state index contributed by atoms with van der Waals surface area (Å²) in [6, 6.07) is 11.6. The van der Waals surface area contributed by atoms with E-state index >= 15 is 0 Å². The van der Waals surface area contributed by atoms with Crippen molar-refractivity contribution >= 4 is 12.4 Å². The summed E-state index contributed by atoms with van der Waals surface area (Å²) in [5.74, 6) is 0.756. The van der Waals surface area contributed by atoms with E-state index in [1.807, 2.05) is 77.9 Å². The average Bonchev–Trinajstić information content (AvgIpc) is 2.83. The molecule has 0 atom stereocenters. The first-order valence-electron chi connectivity index (χ1n) is 12.9. The molecule has 3 rings (SSSR count). The van der Waals surface area contributed by atoms with E-state index in [1.165, 1.54) is 0 Å². The fourth-order valence-electron chi connectivity index (χ4n) is 4.68. The summed E-state index contributed by atoms with van der Waals surface area (Å²) in [6.07, 6.45) is 3.42. The topological polar surface area (TPSA) is 99.5 Å². The molecular formula is C32H40FeN3O3+3. The minimum Gasteiger partial charge on any atom is -0.658 e. The van der Waals surface area contributed by atoms with Gasteiger partial charge < -0.3 is 20.6 Å². The van der Waals surface area contributed by atoms with E-state index in [4.69, 9.17) is 5.32 Å². The average molecular weight is 571 g/mol. The van der Waals surface area contributed by atoms with Crippen molar-refractivity contribution in [3.8, 4) is 17.2 Å². The molecule has 0 radical (unpaired) electrons. The van der Waals surface area contributed by atoms with Gasteiger partial charge in [0, 0.05) is 36.6 Å². The molecule has 0 aliphatic carbocycles. The third-order valence-electron chi connectivity index (χ3n) is 6.65. The van der Waals surface area contributed by atoms with Gasteiger partial charge in [0.25, 0.3) is 0 Å². The molecule has 0 aromatic heterocycles. The van der Waals surface area contributed by atoms with Crippen LogP contribution in [0.25, 0.3) is 5.32 Å². The van der Waals surface area contributed by atoms with Gasteiger partial charge in [-0.3, -0.25) is 9.98 Å². The Morgan fingerprint density at radius 2 is 1.08 bits per heavy atom. The molecule has 0 amide bonds. The van der Waals surface area contributed by atoms with Crippen molar-refractivity contribution in [2.75, 3.05) is 19.6 Å². The van der Waals surface area contributed by atoms with E-state index in [2.05, 4.69) is 16.9 Å². The monoisotopic (exact) mass is 570 g/mol. The molecule has 0 aliphatic heterocycles. The molecule has 0 fully saturated rings. The fraction of sp³-hybridized carbons (Fsp3) is 0.375. The van der Waals surface area contributed by atoms with Gasteiger partial charge in [-0.1, -0.05) is 36.8 Å². The van der Waals surface area contributed by atoms with E-state index in [0.717, 1.165) is 38.9 Å². The van der Waals surface area contributed by atoms with Gasteiger partial charge in [-0.25, -0.2) is 0 Å². The minimum atomic E-state index is -0.412. The third-order valence-corrected chi connectivity index (χ3v) is 6.65. The normalized spacial score (nSPS) is 13.1. The van der Waals surface area contributed by atoms with E-state index in [-0.39, 0.29) is 34.3 Å². The quantitative estimate of drug-likeness (QED) is 0.185. The van der Waals surface area contributed by atoms with Crippen molar-refractivity contribution in [2.45, 2.75) is 55.0 Å². The predicted octanol–water partition coefficient (Wildman–Crippen LogP) is 6.77. The number of phenolic OH excluding ortho intramolecular Hbond substituents is 3. The van der Waals surface area contributed by atoms with Gasteiger partial charge in [0.1, 0.15) is 17.2 Å². The van der Waals surface area contributed by atoms with E-state index in [9.17, 15) is 15.3 Å². The van der Waals surface area contributed by atoms with Crippen LogP contribution >= 0.6 is 0 Å². The minimum absolute atomic E-state index is 0. The Hall–Kier alpha value is -3.12. The van der Waals surface area contributed by atoms with Crippen LogP contribution in [0.4, 0.5) is 0 Å². The predicted molar refractivity (Wildman–Crippen MR) is 158 cm³/mol. The van der Waals surface area contributed by atoms with E-state index < -0.39 is 5.41 Å². The molecule has 206 valence electrons. The Kier molecular flexibility index (Phi) is 11.3. The van der Waals surface area contributed by atoms with Crippen LogP contribution in [0.5, 0.6) is 17.2 Å². The molecule has 39 heavy (non-hydrogen) atoms. The van der Waals surface area contributed by atoms with Gasteiger partial charge in [-0.2, -0.15) is 0 Å². The van der Waals surface area contributed by atoms with Crippen molar-refractivity contribution < 1.29 is 32.4 Å². The van der Waals surface area contributed by atoms with Crippen molar-refractivity contribution in [3.63, 3.8) is 0 Å². The maximum Gasteiger partial charge on any atom is 4.00 e. The number of hydrogen-bond acceptors (Lipinski definition) is 5. The van der Waals surface area contributed by atoms with Crippen LogP contribution in [-0.4, -0.2) is 47.4 Å². The molecule has 0 aliphatic rings. The molecule has 3 aromatic carbocycles. The van der Waals surface area contributed by atoms with Crippen molar-refractivity contribution in [2.24, 2.45) is 15.4 Å². The molecule has 0 bridgehead atoms. The summed E-state index contributed by atoms with van der Waals surface area (Å²) in [5, 5.41) is 36.2. The Morgan fingerprint density at radius 1 is 0.667 bits per heavy atom. The zero-order chi connectivity index (χ0) is 28.0. The number of phenols is 3. The van der Waals surface area contributed by atoms with Gasteiger partial charge >= 0.3 is 17.1 Å². The smallest absolute Gasteiger partial charge is 0.658 e. The summed E-state index contributed by atoms with van der Waals surface area (Å²) in [4.78, 5) is 9.36. The Bertz CT molecular complexity index is 1300. The van der Waals surface area contributed by atoms with Crippen LogP contribution in [0.3, 0.4) is 0 Å². The van der Waals surface area contributed by atoms with Gasteiger partial charge in [-0.05, 0) is 92.5 Å². The first kappa shape index (κ1) is 32.1. The van der Waals surface area contributed by atoms with E-state index in [0.29, 0.717) is 37.3 Å². The second-order valence-corrected chi connectivity index (χ2v) is 10.9. The summed E-state index contributed by atoms with van der Waals surface area (Å²) < 4.78 is 0. The number of nitrogens with zero attached hydrogens (tertiary/aromatic N) is 3. The zero-order valence-corrected chi connectivity index (χ0v) is 25.1. The second kappa shape index (κ2) is 13.8. The molecule has 0 saturated heterocycles. The molecule has 0 saturated carbocycles. The fourth-order valence-corrected chi connectivity index (χ4v) is 4.68. The third kappa shape index (κ3) is 8.69.